The van der Waals surface area contributed by atoms with Gasteiger partial charge in [0, 0.05) is 29.3 Å². The van der Waals surface area contributed by atoms with E-state index in [4.69, 9.17) is 12.6 Å². The van der Waals surface area contributed by atoms with Crippen molar-refractivity contribution in [2.45, 2.75) is 39.2 Å². The molecular weight excluding hydrogens is 386 g/mol. The molecular formula is C22H25N3O3S. The van der Waals surface area contributed by atoms with Crippen LogP contribution in [0.4, 0.5) is 5.69 Å². The summed E-state index contributed by atoms with van der Waals surface area (Å²) in [5.41, 5.74) is 1.68. The quantitative estimate of drug-likeness (QED) is 0.101. The molecule has 1 aromatic carbocycles. The van der Waals surface area contributed by atoms with Gasteiger partial charge in [0.2, 0.25) is 11.8 Å². The average Bonchev–Trinajstić information content (AvgIpc) is 2.66. The van der Waals surface area contributed by atoms with Crippen LogP contribution in [0, 0.1) is 17.0 Å². The van der Waals surface area contributed by atoms with Crippen LogP contribution >= 0.6 is 0 Å². The van der Waals surface area contributed by atoms with Gasteiger partial charge < -0.3 is 17.6 Å². The molecule has 152 valence electrons. The first kappa shape index (κ1) is 22.4. The Bertz CT molecular complexity index is 960. The highest BCUT2D eigenvalue weighted by Crippen LogP contribution is 2.23. The van der Waals surface area contributed by atoms with Gasteiger partial charge in [-0.3, -0.25) is 14.9 Å². The Morgan fingerprint density at radius 3 is 2.45 bits per heavy atom. The van der Waals surface area contributed by atoms with Gasteiger partial charge in [0.15, 0.2) is 12.4 Å². The van der Waals surface area contributed by atoms with Crippen LogP contribution in [0.25, 0.3) is 0 Å². The number of hydrogen-bond acceptors (Lipinski definition) is 5. The Hall–Kier alpha value is -2.93. The minimum absolute atomic E-state index is 0.0378. The van der Waals surface area contributed by atoms with Crippen molar-refractivity contribution in [2.75, 3.05) is 6.54 Å². The Kier molecular flexibility index (Phi) is 6.97. The van der Waals surface area contributed by atoms with E-state index in [1.807, 2.05) is 12.1 Å². The number of carbonyl (C=O) groups is 1. The van der Waals surface area contributed by atoms with E-state index in [0.29, 0.717) is 5.56 Å². The lowest BCUT2D eigenvalue weighted by Gasteiger charge is -2.21. The van der Waals surface area contributed by atoms with E-state index in [2.05, 4.69) is 32.3 Å². The number of rotatable bonds is 7. The minimum Gasteiger partial charge on any atom is -0.758 e. The molecule has 6 nitrogen and oxygen atoms in total. The van der Waals surface area contributed by atoms with Crippen molar-refractivity contribution in [3.63, 3.8) is 0 Å². The summed E-state index contributed by atoms with van der Waals surface area (Å²) in [6.45, 7) is 11.9. The number of pyridine rings is 1. The standard InChI is InChI=1S/C22H25N3O3S/c1-6-11-23-21(29)19(24-12-9-17(10-13-24)22(3,4)5)20(26)16-8-7-15(2)18(14-16)25(27)28/h6-10,12-14,19H,1,11H2,2-5H3/t19-/m0/s1. The van der Waals surface area contributed by atoms with Crippen molar-refractivity contribution in [1.82, 2.24) is 0 Å². The molecule has 0 fully saturated rings. The lowest BCUT2D eigenvalue weighted by Crippen LogP contribution is -2.48. The third kappa shape index (κ3) is 5.32. The third-order valence-corrected chi connectivity index (χ3v) is 4.92. The van der Waals surface area contributed by atoms with Crippen molar-refractivity contribution in [1.29, 1.82) is 0 Å². The highest BCUT2D eigenvalue weighted by molar-refractivity contribution is 7.77. The van der Waals surface area contributed by atoms with Gasteiger partial charge in [-0.2, -0.15) is 4.57 Å². The van der Waals surface area contributed by atoms with Crippen molar-refractivity contribution >= 4 is 29.1 Å². The number of nitro benzene ring substituents is 1. The average molecular weight is 412 g/mol. The van der Waals surface area contributed by atoms with Gasteiger partial charge in [0.25, 0.3) is 5.69 Å². The maximum Gasteiger partial charge on any atom is 0.273 e. The molecule has 2 aromatic rings. The van der Waals surface area contributed by atoms with E-state index in [1.165, 1.54) is 6.07 Å². The molecule has 2 rings (SSSR count). The predicted octanol–water partition coefficient (Wildman–Crippen LogP) is 4.04. The second kappa shape index (κ2) is 9.05. The van der Waals surface area contributed by atoms with E-state index in [0.717, 1.165) is 5.56 Å². The fourth-order valence-electron chi connectivity index (χ4n) is 2.84. The molecule has 0 aliphatic carbocycles. The van der Waals surface area contributed by atoms with E-state index >= 15 is 0 Å². The summed E-state index contributed by atoms with van der Waals surface area (Å²) in [5, 5.41) is 11.5. The monoisotopic (exact) mass is 411 g/mol. The van der Waals surface area contributed by atoms with Gasteiger partial charge in [-0.1, -0.05) is 39.0 Å². The molecule has 1 atom stereocenters. The first-order valence-electron chi connectivity index (χ1n) is 9.19. The zero-order chi connectivity index (χ0) is 21.8. The largest absolute Gasteiger partial charge is 0.758 e. The number of Topliss-reactive ketones (excluding diaryl/α,β-unsaturated/α-hetero) is 1. The molecule has 0 N–H and O–H groups in total. The topological polar surface area (TPSA) is 76.4 Å². The molecule has 1 heterocycles. The normalized spacial score (nSPS) is 13.0. The van der Waals surface area contributed by atoms with Gasteiger partial charge >= 0.3 is 0 Å². The molecule has 29 heavy (non-hydrogen) atoms. The molecule has 0 amide bonds. The molecule has 7 heteroatoms. The number of ketones is 1. The molecule has 0 bridgehead atoms. The maximum absolute atomic E-state index is 13.3. The number of aromatic nitrogens is 1. The number of nitro groups is 1. The Labute approximate surface area is 176 Å². The third-order valence-electron chi connectivity index (χ3n) is 4.57. The van der Waals surface area contributed by atoms with Gasteiger partial charge in [0.1, 0.15) is 0 Å². The second-order valence-corrected chi connectivity index (χ2v) is 8.20. The number of hydrogen-bond donors (Lipinski definition) is 0. The molecule has 0 saturated carbocycles. The number of carbonyl (C=O) groups excluding carboxylic acids is 1. The summed E-state index contributed by atoms with van der Waals surface area (Å²) in [4.78, 5) is 28.3. The van der Waals surface area contributed by atoms with Crippen LogP contribution in [0.5, 0.6) is 0 Å². The molecule has 1 aromatic heterocycles. The highest BCUT2D eigenvalue weighted by atomic mass is 32.1. The molecule has 0 aliphatic heterocycles. The first-order chi connectivity index (χ1) is 13.6. The molecule has 0 unspecified atom stereocenters. The molecule has 0 aliphatic rings. The molecule has 0 saturated heterocycles. The van der Waals surface area contributed by atoms with Gasteiger partial charge in [0.05, 0.1) is 11.5 Å². The van der Waals surface area contributed by atoms with Crippen LogP contribution in [0.3, 0.4) is 0 Å². The maximum atomic E-state index is 13.3. The lowest BCUT2D eigenvalue weighted by atomic mass is 9.88. The summed E-state index contributed by atoms with van der Waals surface area (Å²) in [5.74, 6) is -0.348. The first-order valence-corrected chi connectivity index (χ1v) is 9.60. The van der Waals surface area contributed by atoms with Crippen molar-refractivity contribution in [3.05, 3.63) is 82.2 Å². The second-order valence-electron chi connectivity index (χ2n) is 7.78. The number of nitrogens with zero attached hydrogens (tertiary/aromatic N) is 3. The number of benzene rings is 1. The number of aliphatic imine (C=N–C) groups is 1. The minimum atomic E-state index is -0.874. The summed E-state index contributed by atoms with van der Waals surface area (Å²) in [6.07, 6.45) is 5.18. The van der Waals surface area contributed by atoms with Crippen LogP contribution in [-0.2, 0) is 18.0 Å². The Balaban J connectivity index is 2.54. The predicted molar refractivity (Wildman–Crippen MR) is 116 cm³/mol. The molecule has 0 spiro atoms. The fourth-order valence-corrected chi connectivity index (χ4v) is 3.15. The van der Waals surface area contributed by atoms with Crippen molar-refractivity contribution in [3.8, 4) is 0 Å². The summed E-state index contributed by atoms with van der Waals surface area (Å²) >= 11 is 5.43. The summed E-state index contributed by atoms with van der Waals surface area (Å²) in [7, 11) is 0. The van der Waals surface area contributed by atoms with Crippen LogP contribution < -0.4 is 4.57 Å². The van der Waals surface area contributed by atoms with Crippen molar-refractivity contribution in [2.24, 2.45) is 4.99 Å². The summed E-state index contributed by atoms with van der Waals surface area (Å²) < 4.78 is 1.69. The highest BCUT2D eigenvalue weighted by Gasteiger charge is 2.30. The van der Waals surface area contributed by atoms with Crippen LogP contribution in [0.1, 0.15) is 48.3 Å². The number of aryl methyl sites for hydroxylation is 1. The van der Waals surface area contributed by atoms with E-state index in [1.54, 1.807) is 42.1 Å². The van der Waals surface area contributed by atoms with E-state index in [-0.39, 0.29) is 34.0 Å². The summed E-state index contributed by atoms with van der Waals surface area (Å²) in [6, 6.07) is 7.45. The lowest BCUT2D eigenvalue weighted by molar-refractivity contribution is -0.692. The van der Waals surface area contributed by atoms with Gasteiger partial charge in [-0.15, -0.1) is 6.58 Å². The Morgan fingerprint density at radius 1 is 1.31 bits per heavy atom. The smallest absolute Gasteiger partial charge is 0.273 e. The van der Waals surface area contributed by atoms with Gasteiger partial charge in [-0.25, -0.2) is 0 Å². The fraction of sp³-hybridized carbons (Fsp3) is 0.318. The van der Waals surface area contributed by atoms with Crippen LogP contribution in [0.15, 0.2) is 60.4 Å². The Morgan fingerprint density at radius 2 is 1.93 bits per heavy atom. The van der Waals surface area contributed by atoms with Crippen LogP contribution in [-0.4, -0.2) is 22.3 Å². The van der Waals surface area contributed by atoms with E-state index in [9.17, 15) is 14.9 Å². The molecule has 0 radical (unpaired) electrons. The van der Waals surface area contributed by atoms with Crippen molar-refractivity contribution < 1.29 is 14.3 Å². The zero-order valence-corrected chi connectivity index (χ0v) is 17.9. The zero-order valence-electron chi connectivity index (χ0n) is 17.1. The van der Waals surface area contributed by atoms with E-state index < -0.39 is 11.0 Å². The van der Waals surface area contributed by atoms with Crippen LogP contribution in [0.2, 0.25) is 0 Å². The SMILES string of the molecule is C=CCN=C([S-])[C@H](C(=O)c1ccc(C)c([N+](=O)[O-])c1)[n+]1ccc(C(C)(C)C)cc1. The van der Waals surface area contributed by atoms with Gasteiger partial charge in [-0.05, 0) is 22.9 Å².